The molecule has 0 saturated carbocycles. The van der Waals surface area contributed by atoms with E-state index in [1.54, 1.807) is 0 Å². The molecule has 0 bridgehead atoms. The number of aromatic nitrogens is 4. The van der Waals surface area contributed by atoms with Gasteiger partial charge in [-0.05, 0) is 35.4 Å². The molecule has 7 rings (SSSR count). The van der Waals surface area contributed by atoms with Gasteiger partial charge in [-0.1, -0.05) is 60.7 Å². The van der Waals surface area contributed by atoms with E-state index in [1.807, 2.05) is 97.6 Å². The maximum atomic E-state index is 4.48. The molecular formula is C36H26Ir2N4-2. The molecule has 42 heavy (non-hydrogen) atoms. The first-order valence-corrected chi connectivity index (χ1v) is 13.1. The van der Waals surface area contributed by atoms with Crippen molar-refractivity contribution in [1.29, 1.82) is 0 Å². The summed E-state index contributed by atoms with van der Waals surface area (Å²) >= 11 is 0. The number of hydrogen-bond donors (Lipinski definition) is 0. The van der Waals surface area contributed by atoms with Crippen LogP contribution in [0.15, 0.2) is 158 Å². The van der Waals surface area contributed by atoms with Gasteiger partial charge in [-0.25, -0.2) is 0 Å². The normalized spacial score (nSPS) is 10.0. The minimum Gasteiger partial charge on any atom is -0.340 e. The van der Waals surface area contributed by atoms with Crippen molar-refractivity contribution in [3.05, 3.63) is 170 Å². The van der Waals surface area contributed by atoms with Gasteiger partial charge < -0.3 is 9.13 Å². The number of hydrogen-bond acceptors (Lipinski definition) is 2. The van der Waals surface area contributed by atoms with Crippen molar-refractivity contribution in [2.75, 3.05) is 0 Å². The second-order valence-corrected chi connectivity index (χ2v) is 9.04. The summed E-state index contributed by atoms with van der Waals surface area (Å²) in [4.78, 5) is 8.87. The van der Waals surface area contributed by atoms with Gasteiger partial charge in [0, 0.05) is 76.4 Å². The van der Waals surface area contributed by atoms with Gasteiger partial charge in [-0.2, -0.15) is 0 Å². The summed E-state index contributed by atoms with van der Waals surface area (Å²) in [5, 5.41) is 0. The van der Waals surface area contributed by atoms with Crippen molar-refractivity contribution in [2.24, 2.45) is 0 Å². The van der Waals surface area contributed by atoms with E-state index in [-0.39, 0.29) is 40.2 Å². The van der Waals surface area contributed by atoms with E-state index in [2.05, 4.69) is 91.9 Å². The molecule has 0 amide bonds. The molecule has 0 spiro atoms. The third-order valence-corrected chi connectivity index (χ3v) is 6.47. The van der Waals surface area contributed by atoms with Crippen molar-refractivity contribution in [3.8, 4) is 45.3 Å². The van der Waals surface area contributed by atoms with Crippen molar-refractivity contribution in [2.45, 2.75) is 0 Å². The van der Waals surface area contributed by atoms with Gasteiger partial charge in [0.05, 0.1) is 11.6 Å². The maximum absolute atomic E-state index is 4.48. The molecule has 4 nitrogen and oxygen atoms in total. The summed E-state index contributed by atoms with van der Waals surface area (Å²) in [6.07, 6.45) is 7.57. The van der Waals surface area contributed by atoms with Crippen LogP contribution in [0.5, 0.6) is 0 Å². The van der Waals surface area contributed by atoms with E-state index in [9.17, 15) is 0 Å². The standard InChI is InChI=1S/C21H15N2.C15H11N2.2Ir/c1-3-7-17(8-4-1)18-11-13-20(14-12-18)23-16-15-22-21(23)19-9-5-2-6-10-19;1-3-7-13(8-4-1)15-16-11-12-17(15)14-9-5-2-6-10-14;;/h1-9,11-16H;1-7,9-12H;;/q2*-1;;. The second-order valence-electron chi connectivity index (χ2n) is 9.04. The number of imidazole rings is 2. The molecule has 0 N–H and O–H groups in total. The molecule has 0 aliphatic heterocycles. The summed E-state index contributed by atoms with van der Waals surface area (Å²) in [5.41, 5.74) is 6.63. The number of rotatable bonds is 5. The minimum atomic E-state index is 0. The first kappa shape index (κ1) is 30.8. The maximum Gasteiger partial charge on any atom is 0.0602 e. The fourth-order valence-corrected chi connectivity index (χ4v) is 4.52. The molecule has 0 atom stereocenters. The Hall–Kier alpha value is -4.18. The van der Waals surface area contributed by atoms with E-state index in [0.29, 0.717) is 0 Å². The average molecular weight is 899 g/mol. The molecule has 2 aromatic heterocycles. The zero-order chi connectivity index (χ0) is 27.0. The van der Waals surface area contributed by atoms with Crippen LogP contribution in [0.3, 0.4) is 0 Å². The minimum absolute atomic E-state index is 0. The van der Waals surface area contributed by atoms with Gasteiger partial charge in [-0.15, -0.1) is 71.8 Å². The Balaban J connectivity index is 0.000000192. The summed E-state index contributed by atoms with van der Waals surface area (Å²) in [6, 6.07) is 51.3. The molecule has 7 aromatic rings. The van der Waals surface area contributed by atoms with Crippen LogP contribution in [-0.2, 0) is 40.2 Å². The second kappa shape index (κ2) is 15.2. The first-order chi connectivity index (χ1) is 19.9. The van der Waals surface area contributed by atoms with Crippen LogP contribution in [0.2, 0.25) is 0 Å². The van der Waals surface area contributed by atoms with Crippen molar-refractivity contribution < 1.29 is 40.2 Å². The van der Waals surface area contributed by atoms with Crippen LogP contribution in [0.25, 0.3) is 45.3 Å². The van der Waals surface area contributed by atoms with Gasteiger partial charge in [0.2, 0.25) is 0 Å². The predicted octanol–water partition coefficient (Wildman–Crippen LogP) is 8.34. The van der Waals surface area contributed by atoms with Crippen LogP contribution >= 0.6 is 0 Å². The Morgan fingerprint density at radius 2 is 0.857 bits per heavy atom. The van der Waals surface area contributed by atoms with Crippen molar-refractivity contribution in [1.82, 2.24) is 19.1 Å². The Morgan fingerprint density at radius 3 is 1.33 bits per heavy atom. The smallest absolute Gasteiger partial charge is 0.0602 e. The molecule has 0 aliphatic carbocycles. The van der Waals surface area contributed by atoms with E-state index in [4.69, 9.17) is 0 Å². The summed E-state index contributed by atoms with van der Waals surface area (Å²) < 4.78 is 4.15. The fraction of sp³-hybridized carbons (Fsp3) is 0. The zero-order valence-electron chi connectivity index (χ0n) is 22.5. The number of nitrogens with zero attached hydrogens (tertiary/aromatic N) is 4. The molecule has 0 unspecified atom stereocenters. The number of benzene rings is 5. The molecule has 0 aliphatic rings. The van der Waals surface area contributed by atoms with Crippen LogP contribution in [0.1, 0.15) is 0 Å². The topological polar surface area (TPSA) is 35.6 Å². The van der Waals surface area contributed by atoms with Gasteiger partial charge >= 0.3 is 0 Å². The van der Waals surface area contributed by atoms with E-state index in [1.165, 1.54) is 11.1 Å². The average Bonchev–Trinajstić information content (AvgIpc) is 3.74. The summed E-state index contributed by atoms with van der Waals surface area (Å²) in [7, 11) is 0. The summed E-state index contributed by atoms with van der Waals surface area (Å²) in [6.45, 7) is 0. The van der Waals surface area contributed by atoms with Gasteiger partial charge in [0.25, 0.3) is 0 Å². The largest absolute Gasteiger partial charge is 0.340 e. The molecule has 2 heterocycles. The first-order valence-electron chi connectivity index (χ1n) is 13.1. The molecule has 0 saturated heterocycles. The molecule has 5 aromatic carbocycles. The Bertz CT molecular complexity index is 1710. The van der Waals surface area contributed by atoms with Crippen LogP contribution in [0.4, 0.5) is 0 Å². The fourth-order valence-electron chi connectivity index (χ4n) is 4.52. The Morgan fingerprint density at radius 1 is 0.429 bits per heavy atom. The van der Waals surface area contributed by atoms with Crippen molar-refractivity contribution >= 4 is 0 Å². The Labute approximate surface area is 273 Å². The molecule has 6 heteroatoms. The predicted molar refractivity (Wildman–Crippen MR) is 161 cm³/mol. The Kier molecular flexibility index (Phi) is 11.1. The number of para-hydroxylation sites is 1. The molecule has 210 valence electrons. The van der Waals surface area contributed by atoms with Crippen molar-refractivity contribution in [3.63, 3.8) is 0 Å². The van der Waals surface area contributed by atoms with E-state index in [0.717, 1.165) is 34.2 Å². The van der Waals surface area contributed by atoms with E-state index < -0.39 is 0 Å². The molecule has 2 radical (unpaired) electrons. The molecular weight excluding hydrogens is 873 g/mol. The quantitative estimate of drug-likeness (QED) is 0.163. The van der Waals surface area contributed by atoms with Crippen LogP contribution in [0, 0.1) is 12.1 Å². The summed E-state index contributed by atoms with van der Waals surface area (Å²) in [5.74, 6) is 1.81. The van der Waals surface area contributed by atoms with Gasteiger partial charge in [-0.3, -0.25) is 9.97 Å². The van der Waals surface area contributed by atoms with Gasteiger partial charge in [0.15, 0.2) is 0 Å². The zero-order valence-corrected chi connectivity index (χ0v) is 27.3. The van der Waals surface area contributed by atoms with Crippen LogP contribution in [-0.4, -0.2) is 19.1 Å². The monoisotopic (exact) mass is 900 g/mol. The molecule has 0 fully saturated rings. The SMILES string of the molecule is [Ir].[Ir].[c-]1ccccc1-c1nccn1-c1ccc(-c2ccccc2)cc1.[c-]1ccccc1-c1nccn1-c1ccccc1. The van der Waals surface area contributed by atoms with Crippen LogP contribution < -0.4 is 0 Å². The third-order valence-electron chi connectivity index (χ3n) is 6.47. The van der Waals surface area contributed by atoms with Gasteiger partial charge in [0.1, 0.15) is 0 Å². The third kappa shape index (κ3) is 7.17. The van der Waals surface area contributed by atoms with E-state index >= 15 is 0 Å².